The maximum absolute atomic E-state index is 12.4. The molecule has 10 nitrogen and oxygen atoms in total. The second kappa shape index (κ2) is 10.4. The molecule has 10 heteroatoms. The van der Waals surface area contributed by atoms with Gasteiger partial charge in [0.2, 0.25) is 23.4 Å². The van der Waals surface area contributed by atoms with Crippen molar-refractivity contribution in [1.82, 2.24) is 15.2 Å². The molecule has 0 spiro atoms. The average molecular weight is 477 g/mol. The van der Waals surface area contributed by atoms with Crippen molar-refractivity contribution in [3.63, 3.8) is 0 Å². The van der Waals surface area contributed by atoms with E-state index in [1.165, 1.54) is 6.26 Å². The third-order valence-corrected chi connectivity index (χ3v) is 5.86. The Balaban J connectivity index is 1.25. The van der Waals surface area contributed by atoms with Crippen LogP contribution in [0.5, 0.6) is 0 Å². The fraction of sp³-hybridized carbons (Fsp3) is 0.360. The number of nitriles is 1. The van der Waals surface area contributed by atoms with Crippen molar-refractivity contribution >= 4 is 23.4 Å². The first-order valence-electron chi connectivity index (χ1n) is 11.4. The fourth-order valence-electron chi connectivity index (χ4n) is 4.21. The summed E-state index contributed by atoms with van der Waals surface area (Å²) in [6.07, 6.45) is 1.52. The first-order chi connectivity index (χ1) is 16.8. The molecule has 3 heterocycles. The number of furan rings is 1. The predicted octanol–water partition coefficient (Wildman–Crippen LogP) is 2.61. The lowest BCUT2D eigenvalue weighted by molar-refractivity contribution is -0.125. The SMILES string of the molecule is Cc1cc(C)c(NC(=O)CNC(=O)CN2CCN(c3oc(-c4ccco4)nc3C#N)CC2)c(C)c1. The number of oxazole rings is 1. The van der Waals surface area contributed by atoms with Gasteiger partial charge in [0.1, 0.15) is 6.07 Å². The largest absolute Gasteiger partial charge is 0.459 e. The molecule has 2 amide bonds. The van der Waals surface area contributed by atoms with Crippen molar-refractivity contribution in [2.45, 2.75) is 20.8 Å². The van der Waals surface area contributed by atoms with Crippen molar-refractivity contribution in [2.75, 3.05) is 49.5 Å². The van der Waals surface area contributed by atoms with Crippen LogP contribution in [0.3, 0.4) is 0 Å². The van der Waals surface area contributed by atoms with E-state index in [4.69, 9.17) is 8.83 Å². The van der Waals surface area contributed by atoms with E-state index in [9.17, 15) is 14.9 Å². The minimum absolute atomic E-state index is 0.0926. The normalized spacial score (nSPS) is 13.9. The maximum atomic E-state index is 12.4. The molecule has 0 unspecified atom stereocenters. The number of aryl methyl sites for hydroxylation is 3. The molecule has 1 aliphatic heterocycles. The molecular formula is C25H28N6O4. The van der Waals surface area contributed by atoms with Crippen LogP contribution in [0.4, 0.5) is 11.6 Å². The predicted molar refractivity (Wildman–Crippen MR) is 130 cm³/mol. The second-order valence-corrected chi connectivity index (χ2v) is 8.62. The van der Waals surface area contributed by atoms with Gasteiger partial charge in [-0.3, -0.25) is 14.5 Å². The Kier molecular flexibility index (Phi) is 7.17. The van der Waals surface area contributed by atoms with Gasteiger partial charge in [-0.1, -0.05) is 17.7 Å². The Labute approximate surface area is 203 Å². The van der Waals surface area contributed by atoms with Crippen LogP contribution < -0.4 is 15.5 Å². The van der Waals surface area contributed by atoms with Gasteiger partial charge >= 0.3 is 0 Å². The zero-order chi connectivity index (χ0) is 24.9. The van der Waals surface area contributed by atoms with Gasteiger partial charge < -0.3 is 24.4 Å². The van der Waals surface area contributed by atoms with Crippen molar-refractivity contribution in [2.24, 2.45) is 0 Å². The number of aromatic nitrogens is 1. The quantitative estimate of drug-likeness (QED) is 0.533. The molecular weight excluding hydrogens is 448 g/mol. The van der Waals surface area contributed by atoms with Crippen molar-refractivity contribution in [3.05, 3.63) is 52.9 Å². The highest BCUT2D eigenvalue weighted by atomic mass is 16.4. The molecule has 2 aromatic heterocycles. The van der Waals surface area contributed by atoms with Gasteiger partial charge in [-0.2, -0.15) is 10.2 Å². The smallest absolute Gasteiger partial charge is 0.266 e. The van der Waals surface area contributed by atoms with Crippen LogP contribution in [-0.4, -0.2) is 61.0 Å². The Morgan fingerprint density at radius 1 is 1.11 bits per heavy atom. The Hall–Kier alpha value is -4.10. The molecule has 3 aromatic rings. The highest BCUT2D eigenvalue weighted by molar-refractivity contribution is 5.96. The Bertz CT molecular complexity index is 1230. The van der Waals surface area contributed by atoms with Gasteiger partial charge in [-0.25, -0.2) is 0 Å². The van der Waals surface area contributed by atoms with Crippen LogP contribution in [0.25, 0.3) is 11.7 Å². The number of piperazine rings is 1. The molecule has 0 aliphatic carbocycles. The summed E-state index contributed by atoms with van der Waals surface area (Å²) < 4.78 is 11.1. The van der Waals surface area contributed by atoms with Gasteiger partial charge in [0.15, 0.2) is 5.76 Å². The molecule has 0 radical (unpaired) electrons. The van der Waals surface area contributed by atoms with E-state index in [0.717, 1.165) is 22.4 Å². The standard InChI is InChI=1S/C25H28N6O4/c1-16-11-17(2)23(18(3)12-16)29-21(32)14-27-22(33)15-30-6-8-31(9-7-30)25-19(13-26)28-24(35-25)20-5-4-10-34-20/h4-5,10-12H,6-9,14-15H2,1-3H3,(H,27,33)(H,29,32). The molecule has 4 rings (SSSR count). The monoisotopic (exact) mass is 476 g/mol. The summed E-state index contributed by atoms with van der Waals surface area (Å²) in [5, 5.41) is 15.0. The minimum Gasteiger partial charge on any atom is -0.459 e. The molecule has 1 aliphatic rings. The highest BCUT2D eigenvalue weighted by Crippen LogP contribution is 2.29. The average Bonchev–Trinajstić information content (AvgIpc) is 3.50. The van der Waals surface area contributed by atoms with E-state index in [0.29, 0.717) is 37.8 Å². The summed E-state index contributed by atoms with van der Waals surface area (Å²) in [7, 11) is 0. The van der Waals surface area contributed by atoms with E-state index in [1.807, 2.05) is 42.7 Å². The van der Waals surface area contributed by atoms with Crippen LogP contribution in [0.2, 0.25) is 0 Å². The van der Waals surface area contributed by atoms with Gasteiger partial charge in [0, 0.05) is 31.9 Å². The molecule has 35 heavy (non-hydrogen) atoms. The summed E-state index contributed by atoms with van der Waals surface area (Å²) in [5.74, 6) is 0.641. The zero-order valence-corrected chi connectivity index (χ0v) is 20.1. The number of nitrogens with zero attached hydrogens (tertiary/aromatic N) is 4. The summed E-state index contributed by atoms with van der Waals surface area (Å²) in [5.41, 5.74) is 4.10. The summed E-state index contributed by atoms with van der Waals surface area (Å²) in [6, 6.07) is 9.54. The highest BCUT2D eigenvalue weighted by Gasteiger charge is 2.26. The molecule has 1 saturated heterocycles. The van der Waals surface area contributed by atoms with E-state index in [2.05, 4.69) is 21.7 Å². The molecule has 1 aromatic carbocycles. The third kappa shape index (κ3) is 5.70. The number of benzene rings is 1. The van der Waals surface area contributed by atoms with Crippen molar-refractivity contribution in [1.29, 1.82) is 5.26 Å². The molecule has 182 valence electrons. The summed E-state index contributed by atoms with van der Waals surface area (Å²) >= 11 is 0. The van der Waals surface area contributed by atoms with Gasteiger partial charge in [-0.15, -0.1) is 0 Å². The summed E-state index contributed by atoms with van der Waals surface area (Å²) in [6.45, 7) is 8.34. The van der Waals surface area contributed by atoms with Crippen LogP contribution in [0, 0.1) is 32.1 Å². The van der Waals surface area contributed by atoms with Crippen LogP contribution in [0.1, 0.15) is 22.4 Å². The topological polar surface area (TPSA) is 128 Å². The first-order valence-corrected chi connectivity index (χ1v) is 11.4. The molecule has 0 bridgehead atoms. The van der Waals surface area contributed by atoms with Crippen LogP contribution in [0.15, 0.2) is 39.4 Å². The zero-order valence-electron chi connectivity index (χ0n) is 20.1. The lowest BCUT2D eigenvalue weighted by Gasteiger charge is -2.33. The fourth-order valence-corrected chi connectivity index (χ4v) is 4.21. The molecule has 0 saturated carbocycles. The first kappa shape index (κ1) is 24.0. The third-order valence-electron chi connectivity index (χ3n) is 5.86. The van der Waals surface area contributed by atoms with E-state index < -0.39 is 0 Å². The Morgan fingerprint density at radius 2 is 1.83 bits per heavy atom. The van der Waals surface area contributed by atoms with Gasteiger partial charge in [0.25, 0.3) is 5.89 Å². The lowest BCUT2D eigenvalue weighted by atomic mass is 10.1. The number of carbonyl (C=O) groups is 2. The van der Waals surface area contributed by atoms with Crippen LogP contribution in [-0.2, 0) is 9.59 Å². The van der Waals surface area contributed by atoms with Gasteiger partial charge in [0.05, 0.1) is 19.4 Å². The van der Waals surface area contributed by atoms with E-state index >= 15 is 0 Å². The summed E-state index contributed by atoms with van der Waals surface area (Å²) in [4.78, 5) is 32.9. The number of rotatable bonds is 7. The minimum atomic E-state index is -0.264. The number of anilines is 2. The van der Waals surface area contributed by atoms with Gasteiger partial charge in [-0.05, 0) is 44.0 Å². The number of nitrogens with one attached hydrogen (secondary N) is 2. The number of hydrogen-bond acceptors (Lipinski definition) is 8. The van der Waals surface area contributed by atoms with Crippen molar-refractivity contribution in [3.8, 4) is 17.7 Å². The lowest BCUT2D eigenvalue weighted by Crippen LogP contribution is -2.50. The Morgan fingerprint density at radius 3 is 2.46 bits per heavy atom. The molecule has 0 atom stereocenters. The number of amides is 2. The number of carbonyl (C=O) groups excluding carboxylic acids is 2. The van der Waals surface area contributed by atoms with E-state index in [-0.39, 0.29) is 36.5 Å². The van der Waals surface area contributed by atoms with Crippen molar-refractivity contribution < 1.29 is 18.4 Å². The van der Waals surface area contributed by atoms with Crippen LogP contribution >= 0.6 is 0 Å². The van der Waals surface area contributed by atoms with E-state index in [1.54, 1.807) is 12.1 Å². The molecule has 2 N–H and O–H groups in total. The second-order valence-electron chi connectivity index (χ2n) is 8.62. The molecule has 1 fully saturated rings. The maximum Gasteiger partial charge on any atom is 0.266 e. The number of hydrogen-bond donors (Lipinski definition) is 2.